The Kier molecular flexibility index (Phi) is 2.67. The molecule has 0 saturated carbocycles. The van der Waals surface area contributed by atoms with Gasteiger partial charge in [0.05, 0.1) is 16.0 Å². The van der Waals surface area contributed by atoms with E-state index in [0.29, 0.717) is 10.1 Å². The summed E-state index contributed by atoms with van der Waals surface area (Å²) in [7, 11) is 0. The van der Waals surface area contributed by atoms with E-state index in [-0.39, 0.29) is 11.6 Å². The normalized spacial score (nSPS) is 11.4. The summed E-state index contributed by atoms with van der Waals surface area (Å²) in [5, 5.41) is 17.1. The lowest BCUT2D eigenvalue weighted by Gasteiger charge is -1.96. The highest BCUT2D eigenvalue weighted by atomic mass is 32.2. The van der Waals surface area contributed by atoms with Crippen molar-refractivity contribution in [1.29, 1.82) is 0 Å². The van der Waals surface area contributed by atoms with Crippen LogP contribution in [-0.4, -0.2) is 31.4 Å². The van der Waals surface area contributed by atoms with Gasteiger partial charge in [-0.2, -0.15) is 0 Å². The maximum absolute atomic E-state index is 13.1. The van der Waals surface area contributed by atoms with Crippen molar-refractivity contribution in [3.05, 3.63) is 24.0 Å². The number of thioether (sulfide) groups is 1. The molecule has 1 aromatic carbocycles. The smallest absolute Gasteiger partial charge is 0.313 e. The van der Waals surface area contributed by atoms with E-state index in [1.165, 1.54) is 23.5 Å². The van der Waals surface area contributed by atoms with Gasteiger partial charge in [0.2, 0.25) is 4.96 Å². The molecule has 18 heavy (non-hydrogen) atoms. The minimum atomic E-state index is -0.915. The van der Waals surface area contributed by atoms with E-state index in [2.05, 4.69) is 10.2 Å². The molecular weight excluding hydrogens is 277 g/mol. The Morgan fingerprint density at radius 1 is 1.50 bits per heavy atom. The summed E-state index contributed by atoms with van der Waals surface area (Å²) in [4.78, 5) is 11.2. The van der Waals surface area contributed by atoms with E-state index in [9.17, 15) is 9.18 Å². The van der Waals surface area contributed by atoms with Crippen molar-refractivity contribution in [2.75, 3.05) is 5.75 Å². The van der Waals surface area contributed by atoms with Gasteiger partial charge < -0.3 is 5.11 Å². The summed E-state index contributed by atoms with van der Waals surface area (Å²) < 4.78 is 15.6. The van der Waals surface area contributed by atoms with Gasteiger partial charge in [0.25, 0.3) is 0 Å². The second kappa shape index (κ2) is 4.21. The largest absolute Gasteiger partial charge is 0.481 e. The van der Waals surface area contributed by atoms with E-state index in [0.717, 1.165) is 22.0 Å². The second-order valence-electron chi connectivity index (χ2n) is 3.50. The number of benzene rings is 1. The van der Waals surface area contributed by atoms with Crippen LogP contribution in [0, 0.1) is 5.82 Å². The molecule has 0 saturated heterocycles. The van der Waals surface area contributed by atoms with Gasteiger partial charge in [-0.3, -0.25) is 9.20 Å². The first-order chi connectivity index (χ1) is 8.65. The topological polar surface area (TPSA) is 67.5 Å². The highest BCUT2D eigenvalue weighted by molar-refractivity contribution is 7.99. The molecule has 0 aliphatic heterocycles. The van der Waals surface area contributed by atoms with Crippen LogP contribution < -0.4 is 0 Å². The zero-order chi connectivity index (χ0) is 12.7. The molecule has 0 spiro atoms. The Morgan fingerprint density at radius 2 is 2.33 bits per heavy atom. The van der Waals surface area contributed by atoms with E-state index in [1.54, 1.807) is 10.5 Å². The van der Waals surface area contributed by atoms with E-state index >= 15 is 0 Å². The number of fused-ring (bicyclic) bond motifs is 3. The molecule has 92 valence electrons. The number of hydrogen-bond acceptors (Lipinski definition) is 5. The fourth-order valence-corrected chi connectivity index (χ4v) is 3.31. The molecule has 8 heteroatoms. The van der Waals surface area contributed by atoms with Crippen LogP contribution in [0.3, 0.4) is 0 Å². The Labute approximate surface area is 108 Å². The van der Waals surface area contributed by atoms with Crippen LogP contribution >= 0.6 is 23.1 Å². The highest BCUT2D eigenvalue weighted by Crippen LogP contribution is 2.29. The van der Waals surface area contributed by atoms with Gasteiger partial charge in [0.15, 0.2) is 5.16 Å². The van der Waals surface area contributed by atoms with E-state index in [4.69, 9.17) is 5.11 Å². The van der Waals surface area contributed by atoms with Gasteiger partial charge in [0, 0.05) is 0 Å². The van der Waals surface area contributed by atoms with Crippen LogP contribution in [0.25, 0.3) is 15.2 Å². The van der Waals surface area contributed by atoms with Crippen molar-refractivity contribution in [3.8, 4) is 0 Å². The molecule has 0 unspecified atom stereocenters. The number of carbonyl (C=O) groups is 1. The number of halogens is 1. The van der Waals surface area contributed by atoms with Crippen LogP contribution in [0.15, 0.2) is 23.4 Å². The number of aromatic nitrogens is 3. The fraction of sp³-hybridized carbons (Fsp3) is 0.100. The van der Waals surface area contributed by atoms with Crippen molar-refractivity contribution in [2.45, 2.75) is 5.16 Å². The zero-order valence-electron chi connectivity index (χ0n) is 8.83. The first-order valence-corrected chi connectivity index (χ1v) is 6.73. The third-order valence-electron chi connectivity index (χ3n) is 2.29. The fourth-order valence-electron chi connectivity index (χ4n) is 1.60. The maximum Gasteiger partial charge on any atom is 0.313 e. The summed E-state index contributed by atoms with van der Waals surface area (Å²) in [6.07, 6.45) is 0. The molecule has 2 aromatic heterocycles. The summed E-state index contributed by atoms with van der Waals surface area (Å²) in [6.45, 7) is 0. The lowest BCUT2D eigenvalue weighted by molar-refractivity contribution is -0.133. The Morgan fingerprint density at radius 3 is 3.11 bits per heavy atom. The standard InChI is InChI=1S/C10H6FN3O2S2/c11-5-1-2-6-7(3-5)18-10-13-12-9(14(6)10)17-4-8(15)16/h1-3H,4H2,(H,15,16). The van der Waals surface area contributed by atoms with Crippen molar-refractivity contribution in [2.24, 2.45) is 0 Å². The lowest BCUT2D eigenvalue weighted by Crippen LogP contribution is -1.99. The maximum atomic E-state index is 13.1. The van der Waals surface area contributed by atoms with Gasteiger partial charge in [0.1, 0.15) is 5.82 Å². The summed E-state index contributed by atoms with van der Waals surface area (Å²) in [5.41, 5.74) is 0.786. The van der Waals surface area contributed by atoms with Crippen molar-refractivity contribution >= 4 is 44.2 Å². The van der Waals surface area contributed by atoms with Crippen molar-refractivity contribution in [1.82, 2.24) is 14.6 Å². The summed E-state index contributed by atoms with van der Waals surface area (Å²) in [5.74, 6) is -1.30. The molecule has 0 bridgehead atoms. The van der Waals surface area contributed by atoms with Crippen molar-refractivity contribution < 1.29 is 14.3 Å². The van der Waals surface area contributed by atoms with Gasteiger partial charge in [-0.1, -0.05) is 23.1 Å². The summed E-state index contributed by atoms with van der Waals surface area (Å²) >= 11 is 2.41. The SMILES string of the molecule is O=C(O)CSc1nnc2sc3cc(F)ccc3n12. The van der Waals surface area contributed by atoms with Crippen LogP contribution in [0.5, 0.6) is 0 Å². The molecule has 0 aliphatic carbocycles. The Bertz CT molecular complexity index is 752. The molecule has 1 N–H and O–H groups in total. The number of rotatable bonds is 3. The average molecular weight is 283 g/mol. The Balaban J connectivity index is 2.15. The minimum absolute atomic E-state index is 0.0840. The number of carboxylic acid groups (broad SMARTS) is 1. The first-order valence-electron chi connectivity index (χ1n) is 4.93. The van der Waals surface area contributed by atoms with Crippen molar-refractivity contribution in [3.63, 3.8) is 0 Å². The highest BCUT2D eigenvalue weighted by Gasteiger charge is 2.14. The van der Waals surface area contributed by atoms with E-state index in [1.807, 2.05) is 0 Å². The van der Waals surface area contributed by atoms with Gasteiger partial charge >= 0.3 is 5.97 Å². The lowest BCUT2D eigenvalue weighted by atomic mass is 10.3. The van der Waals surface area contributed by atoms with Gasteiger partial charge in [-0.25, -0.2) is 4.39 Å². The van der Waals surface area contributed by atoms with Gasteiger partial charge in [-0.05, 0) is 18.2 Å². The first kappa shape index (κ1) is 11.4. The molecule has 0 fully saturated rings. The van der Waals surface area contributed by atoms with Crippen LogP contribution in [-0.2, 0) is 4.79 Å². The monoisotopic (exact) mass is 283 g/mol. The molecule has 3 aromatic rings. The predicted molar refractivity (Wildman–Crippen MR) is 66.7 cm³/mol. The number of thiazole rings is 1. The number of aliphatic carboxylic acids is 1. The number of nitrogens with zero attached hydrogens (tertiary/aromatic N) is 3. The molecule has 2 heterocycles. The molecule has 0 radical (unpaired) electrons. The average Bonchev–Trinajstić information content (AvgIpc) is 2.84. The zero-order valence-corrected chi connectivity index (χ0v) is 10.5. The third kappa shape index (κ3) is 1.83. The molecule has 0 amide bonds. The minimum Gasteiger partial charge on any atom is -0.481 e. The summed E-state index contributed by atoms with van der Waals surface area (Å²) in [6, 6.07) is 4.43. The quantitative estimate of drug-likeness (QED) is 0.747. The molecule has 0 aliphatic rings. The van der Waals surface area contributed by atoms with Crippen LogP contribution in [0.2, 0.25) is 0 Å². The molecule has 0 atom stereocenters. The molecule has 3 rings (SSSR count). The molecular formula is C10H6FN3O2S2. The van der Waals surface area contributed by atoms with Crippen LogP contribution in [0.1, 0.15) is 0 Å². The third-order valence-corrected chi connectivity index (χ3v) is 4.20. The van der Waals surface area contributed by atoms with Gasteiger partial charge in [-0.15, -0.1) is 10.2 Å². The van der Waals surface area contributed by atoms with E-state index < -0.39 is 5.97 Å². The number of carboxylic acids is 1. The Hall–Kier alpha value is -1.67. The number of hydrogen-bond donors (Lipinski definition) is 1. The molecule has 5 nitrogen and oxygen atoms in total. The second-order valence-corrected chi connectivity index (χ2v) is 5.45. The van der Waals surface area contributed by atoms with Crippen LogP contribution in [0.4, 0.5) is 4.39 Å². The predicted octanol–water partition coefficient (Wildman–Crippen LogP) is 2.26.